The molecule has 0 fully saturated rings. The maximum absolute atomic E-state index is 11.6. The van der Waals surface area contributed by atoms with Crippen LogP contribution in [0.5, 0.6) is 0 Å². The molecule has 2 N–H and O–H groups in total. The summed E-state index contributed by atoms with van der Waals surface area (Å²) in [6, 6.07) is 7.55. The fourth-order valence-electron chi connectivity index (χ4n) is 1.33. The third-order valence-electron chi connectivity index (χ3n) is 2.31. The van der Waals surface area contributed by atoms with Crippen molar-refractivity contribution in [1.82, 2.24) is 5.32 Å². The van der Waals surface area contributed by atoms with E-state index in [1.54, 1.807) is 0 Å². The Labute approximate surface area is 111 Å². The predicted octanol–water partition coefficient (Wildman–Crippen LogP) is 3.02. The van der Waals surface area contributed by atoms with Crippen LogP contribution in [0.1, 0.15) is 20.3 Å². The lowest BCUT2D eigenvalue weighted by atomic mass is 10.1. The smallest absolute Gasteiger partial charge is 0.238 e. The number of halogens is 1. The highest BCUT2D eigenvalue weighted by molar-refractivity contribution is 9.10. The van der Waals surface area contributed by atoms with E-state index in [9.17, 15) is 4.79 Å². The summed E-state index contributed by atoms with van der Waals surface area (Å²) in [7, 11) is 0. The molecule has 0 spiro atoms. The zero-order valence-corrected chi connectivity index (χ0v) is 11.9. The minimum atomic E-state index is -0.00363. The largest absolute Gasteiger partial charge is 0.325 e. The van der Waals surface area contributed by atoms with E-state index in [-0.39, 0.29) is 5.91 Å². The van der Waals surface area contributed by atoms with Gasteiger partial charge in [-0.05, 0) is 43.1 Å². The Bertz CT molecular complexity index is 349. The summed E-state index contributed by atoms with van der Waals surface area (Å²) in [5.41, 5.74) is 0.823. The van der Waals surface area contributed by atoms with Crippen molar-refractivity contribution in [1.29, 1.82) is 0 Å². The van der Waals surface area contributed by atoms with E-state index in [1.165, 1.54) is 0 Å². The normalized spacial score (nSPS) is 10.6. The molecule has 0 atom stereocenters. The zero-order valence-electron chi connectivity index (χ0n) is 10.3. The lowest BCUT2D eigenvalue weighted by molar-refractivity contribution is -0.115. The van der Waals surface area contributed by atoms with E-state index in [0.29, 0.717) is 12.5 Å². The summed E-state index contributed by atoms with van der Waals surface area (Å²) >= 11 is 3.35. The van der Waals surface area contributed by atoms with Crippen LogP contribution in [0.3, 0.4) is 0 Å². The molecule has 0 aromatic heterocycles. The fraction of sp³-hybridized carbons (Fsp3) is 0.462. The molecule has 0 unspecified atom stereocenters. The van der Waals surface area contributed by atoms with Gasteiger partial charge < -0.3 is 10.6 Å². The molecule has 3 nitrogen and oxygen atoms in total. The van der Waals surface area contributed by atoms with Gasteiger partial charge in [-0.2, -0.15) is 0 Å². The summed E-state index contributed by atoms with van der Waals surface area (Å²) in [5, 5.41) is 5.96. The topological polar surface area (TPSA) is 41.1 Å². The number of hydrogen-bond donors (Lipinski definition) is 2. The summed E-state index contributed by atoms with van der Waals surface area (Å²) in [4.78, 5) is 11.6. The highest BCUT2D eigenvalue weighted by Crippen LogP contribution is 2.13. The van der Waals surface area contributed by atoms with Gasteiger partial charge in [0.1, 0.15) is 0 Å². The molecule has 0 aliphatic carbocycles. The van der Waals surface area contributed by atoms with Gasteiger partial charge in [-0.25, -0.2) is 0 Å². The summed E-state index contributed by atoms with van der Waals surface area (Å²) < 4.78 is 1.01. The maximum atomic E-state index is 11.6. The molecule has 0 saturated carbocycles. The third-order valence-corrected chi connectivity index (χ3v) is 2.84. The van der Waals surface area contributed by atoms with Gasteiger partial charge in [0.2, 0.25) is 5.91 Å². The third kappa shape index (κ3) is 6.44. The lowest BCUT2D eigenvalue weighted by Gasteiger charge is -2.08. The molecule has 4 heteroatoms. The van der Waals surface area contributed by atoms with Crippen LogP contribution in [-0.4, -0.2) is 19.0 Å². The first-order valence-electron chi connectivity index (χ1n) is 5.84. The first-order chi connectivity index (χ1) is 8.08. The van der Waals surface area contributed by atoms with E-state index >= 15 is 0 Å². The van der Waals surface area contributed by atoms with E-state index in [4.69, 9.17) is 0 Å². The van der Waals surface area contributed by atoms with Gasteiger partial charge in [0.05, 0.1) is 6.54 Å². The van der Waals surface area contributed by atoms with Crippen LogP contribution in [0.2, 0.25) is 0 Å². The molecule has 94 valence electrons. The predicted molar refractivity (Wildman–Crippen MR) is 75.1 cm³/mol. The van der Waals surface area contributed by atoms with Crippen LogP contribution in [-0.2, 0) is 4.79 Å². The first-order valence-corrected chi connectivity index (χ1v) is 6.63. The van der Waals surface area contributed by atoms with Crippen molar-refractivity contribution in [3.05, 3.63) is 28.7 Å². The Hall–Kier alpha value is -0.870. The number of benzene rings is 1. The second-order valence-corrected chi connectivity index (χ2v) is 5.33. The van der Waals surface area contributed by atoms with Gasteiger partial charge >= 0.3 is 0 Å². The van der Waals surface area contributed by atoms with Crippen molar-refractivity contribution in [2.45, 2.75) is 20.3 Å². The van der Waals surface area contributed by atoms with E-state index < -0.39 is 0 Å². The van der Waals surface area contributed by atoms with Crippen LogP contribution in [0, 0.1) is 5.92 Å². The lowest BCUT2D eigenvalue weighted by Crippen LogP contribution is -2.29. The van der Waals surface area contributed by atoms with E-state index in [2.05, 4.69) is 40.4 Å². The van der Waals surface area contributed by atoms with Crippen LogP contribution >= 0.6 is 15.9 Å². The average Bonchev–Trinajstić information content (AvgIpc) is 2.27. The Morgan fingerprint density at radius 3 is 2.53 bits per heavy atom. The quantitative estimate of drug-likeness (QED) is 0.793. The van der Waals surface area contributed by atoms with Crippen LogP contribution < -0.4 is 10.6 Å². The number of hydrogen-bond acceptors (Lipinski definition) is 2. The summed E-state index contributed by atoms with van der Waals surface area (Å²) in [5.74, 6) is 0.660. The van der Waals surface area contributed by atoms with Crippen molar-refractivity contribution in [3.8, 4) is 0 Å². The molecule has 0 bridgehead atoms. The Kier molecular flexibility index (Phi) is 6.22. The van der Waals surface area contributed by atoms with E-state index in [1.807, 2.05) is 24.3 Å². The zero-order chi connectivity index (χ0) is 12.7. The van der Waals surface area contributed by atoms with Gasteiger partial charge in [0.25, 0.3) is 0 Å². The molecule has 0 aliphatic rings. The highest BCUT2D eigenvalue weighted by Gasteiger charge is 2.01. The van der Waals surface area contributed by atoms with Crippen LogP contribution in [0.4, 0.5) is 5.69 Å². The number of rotatable bonds is 6. The van der Waals surface area contributed by atoms with Gasteiger partial charge in [0.15, 0.2) is 0 Å². The minimum absolute atomic E-state index is 0.00363. The minimum Gasteiger partial charge on any atom is -0.325 e. The molecule has 0 radical (unpaired) electrons. The highest BCUT2D eigenvalue weighted by atomic mass is 79.9. The van der Waals surface area contributed by atoms with Crippen molar-refractivity contribution in [2.75, 3.05) is 18.4 Å². The molecular formula is C13H19BrN2O. The fourth-order valence-corrected chi connectivity index (χ4v) is 1.60. The number of anilines is 1. The molecule has 17 heavy (non-hydrogen) atoms. The van der Waals surface area contributed by atoms with Crippen molar-refractivity contribution < 1.29 is 4.79 Å². The molecule has 1 aromatic rings. The monoisotopic (exact) mass is 298 g/mol. The Balaban J connectivity index is 2.23. The molecule has 1 aromatic carbocycles. The molecule has 0 aliphatic heterocycles. The van der Waals surface area contributed by atoms with Crippen molar-refractivity contribution in [3.63, 3.8) is 0 Å². The van der Waals surface area contributed by atoms with Crippen LogP contribution in [0.25, 0.3) is 0 Å². The SMILES string of the molecule is CC(C)CCNCC(=O)Nc1ccc(Br)cc1. The van der Waals surface area contributed by atoms with Gasteiger partial charge in [-0.15, -0.1) is 0 Å². The number of carbonyl (C=O) groups is 1. The van der Waals surface area contributed by atoms with Gasteiger partial charge in [0, 0.05) is 10.2 Å². The van der Waals surface area contributed by atoms with Crippen molar-refractivity contribution >= 4 is 27.5 Å². The molecular weight excluding hydrogens is 280 g/mol. The Morgan fingerprint density at radius 2 is 1.94 bits per heavy atom. The second kappa shape index (κ2) is 7.45. The summed E-state index contributed by atoms with van der Waals surface area (Å²) in [6.45, 7) is 5.58. The molecule has 1 rings (SSSR count). The maximum Gasteiger partial charge on any atom is 0.238 e. The Morgan fingerprint density at radius 1 is 1.29 bits per heavy atom. The van der Waals surface area contributed by atoms with Crippen molar-refractivity contribution in [2.24, 2.45) is 5.92 Å². The number of amides is 1. The molecule has 1 amide bonds. The summed E-state index contributed by atoms with van der Waals surface area (Å²) in [6.07, 6.45) is 1.09. The van der Waals surface area contributed by atoms with Gasteiger partial charge in [-0.1, -0.05) is 29.8 Å². The molecule has 0 heterocycles. The number of carbonyl (C=O) groups excluding carboxylic acids is 1. The van der Waals surface area contributed by atoms with Crippen LogP contribution in [0.15, 0.2) is 28.7 Å². The number of nitrogens with one attached hydrogen (secondary N) is 2. The average molecular weight is 299 g/mol. The standard InChI is InChI=1S/C13H19BrN2O/c1-10(2)7-8-15-9-13(17)16-12-5-3-11(14)4-6-12/h3-6,10,15H,7-9H2,1-2H3,(H,16,17). The van der Waals surface area contributed by atoms with E-state index in [0.717, 1.165) is 23.1 Å². The van der Waals surface area contributed by atoms with Gasteiger partial charge in [-0.3, -0.25) is 4.79 Å². The second-order valence-electron chi connectivity index (χ2n) is 4.41. The first kappa shape index (κ1) is 14.2. The molecule has 0 saturated heterocycles.